The van der Waals surface area contributed by atoms with Crippen LogP contribution in [0, 0.1) is 0 Å². The van der Waals surface area contributed by atoms with Crippen molar-refractivity contribution < 1.29 is 32.9 Å². The maximum absolute atomic E-state index is 12.7. The lowest BCUT2D eigenvalue weighted by Gasteiger charge is -2.25. The first-order valence-electron chi connectivity index (χ1n) is 22.8. The Morgan fingerprint density at radius 1 is 0.593 bits per heavy atom. The van der Waals surface area contributed by atoms with Crippen LogP contribution in [0.2, 0.25) is 0 Å². The number of carbonyl (C=O) groups is 1. The highest BCUT2D eigenvalue weighted by atomic mass is 31.2. The van der Waals surface area contributed by atoms with Crippen LogP contribution in [0.3, 0.4) is 0 Å². The van der Waals surface area contributed by atoms with E-state index < -0.39 is 20.0 Å². The van der Waals surface area contributed by atoms with Crippen LogP contribution in [0.4, 0.5) is 0 Å². The van der Waals surface area contributed by atoms with Gasteiger partial charge in [0.2, 0.25) is 5.91 Å². The Morgan fingerprint density at radius 2 is 1.02 bits per heavy atom. The van der Waals surface area contributed by atoms with Gasteiger partial charge in [-0.2, -0.15) is 0 Å². The molecule has 3 N–H and O–H groups in total. The van der Waals surface area contributed by atoms with Crippen LogP contribution in [-0.2, 0) is 18.4 Å². The van der Waals surface area contributed by atoms with Gasteiger partial charge < -0.3 is 19.8 Å². The van der Waals surface area contributed by atoms with E-state index in [1.165, 1.54) is 25.7 Å². The molecule has 3 unspecified atom stereocenters. The van der Waals surface area contributed by atoms with E-state index in [9.17, 15) is 19.4 Å². The van der Waals surface area contributed by atoms with Gasteiger partial charge in [-0.25, -0.2) is 4.57 Å². The molecule has 0 aromatic heterocycles. The molecule has 59 heavy (non-hydrogen) atoms. The number of phosphoric acid groups is 1. The number of quaternary nitrogens is 1. The second-order valence-corrected chi connectivity index (χ2v) is 17.5. The number of rotatable bonds is 39. The van der Waals surface area contributed by atoms with Gasteiger partial charge in [0.05, 0.1) is 39.9 Å². The fourth-order valence-electron chi connectivity index (χ4n) is 5.63. The number of aliphatic hydroxyl groups is 1. The normalized spacial score (nSPS) is 15.3. The van der Waals surface area contributed by atoms with E-state index in [4.69, 9.17) is 9.05 Å². The van der Waals surface area contributed by atoms with Gasteiger partial charge in [0, 0.05) is 6.42 Å². The Morgan fingerprint density at radius 3 is 1.47 bits per heavy atom. The SMILES string of the molecule is CC/C=C\C/C=C\C/C=C\C/C=C\C/C=C\C/C=C\C/C=C\C/C=C\CCCCCCCCCCC(=O)NC(COP(=O)(O)OCC[N+](C)(C)C)C(O)/C=C/CCCC. The summed E-state index contributed by atoms with van der Waals surface area (Å²) in [5.74, 6) is -0.202. The number of nitrogens with one attached hydrogen (secondary N) is 1. The zero-order valence-electron chi connectivity index (χ0n) is 37.9. The fraction of sp³-hybridized carbons (Fsp3) is 0.620. The third kappa shape index (κ3) is 43.1. The minimum atomic E-state index is -4.33. The highest BCUT2D eigenvalue weighted by molar-refractivity contribution is 7.47. The van der Waals surface area contributed by atoms with Crippen molar-refractivity contribution in [2.45, 2.75) is 161 Å². The maximum atomic E-state index is 12.7. The second kappa shape index (κ2) is 40.6. The van der Waals surface area contributed by atoms with E-state index in [0.717, 1.165) is 103 Å². The molecule has 9 heteroatoms. The van der Waals surface area contributed by atoms with Crippen LogP contribution in [0.15, 0.2) is 109 Å². The Kier molecular flexibility index (Phi) is 38.6. The Labute approximate surface area is 361 Å². The van der Waals surface area contributed by atoms with Gasteiger partial charge in [0.15, 0.2) is 0 Å². The highest BCUT2D eigenvalue weighted by Gasteiger charge is 2.27. The van der Waals surface area contributed by atoms with E-state index in [0.29, 0.717) is 17.4 Å². The topological polar surface area (TPSA) is 105 Å². The number of hydrogen-bond acceptors (Lipinski definition) is 5. The van der Waals surface area contributed by atoms with Crippen LogP contribution in [0.1, 0.15) is 149 Å². The summed E-state index contributed by atoms with van der Waals surface area (Å²) >= 11 is 0. The monoisotopic (exact) mass is 842 g/mol. The van der Waals surface area contributed by atoms with Crippen molar-refractivity contribution in [2.75, 3.05) is 40.9 Å². The molecular formula is C50H86N2O6P+. The number of likely N-dealkylation sites (N-methyl/N-ethyl adjacent to an activating group) is 1. The van der Waals surface area contributed by atoms with Crippen molar-refractivity contribution in [3.63, 3.8) is 0 Å². The molecule has 0 aromatic carbocycles. The predicted molar refractivity (Wildman–Crippen MR) is 253 cm³/mol. The van der Waals surface area contributed by atoms with Crippen LogP contribution in [-0.4, -0.2) is 73.4 Å². The molecule has 0 aliphatic rings. The smallest absolute Gasteiger partial charge is 0.387 e. The number of nitrogens with zero attached hydrogens (tertiary/aromatic N) is 1. The molecule has 0 aliphatic carbocycles. The molecule has 0 heterocycles. The van der Waals surface area contributed by atoms with E-state index in [1.807, 2.05) is 27.2 Å². The minimum absolute atomic E-state index is 0.0524. The standard InChI is InChI=1S/C50H85N2O6P/c1-6-8-10-12-13-14-15-16-17-18-19-20-21-22-23-24-25-26-27-28-29-30-31-32-33-34-35-36-37-38-39-40-42-44-50(54)51-48(49(53)43-41-11-9-7-2)47-58-59(55,56)57-46-45-52(3,4)5/h8,10,13-14,16-17,19-20,22-23,25-26,28-29,31-32,41,43,48-49,53H,6-7,9,11-12,15,18,21,24,27,30,33-40,42,44-47H2,1-5H3,(H-,51,54,55,56)/p+1/b10-8-,14-13-,17-16-,20-19-,23-22-,26-25-,29-28-,32-31-,43-41+. The zero-order chi connectivity index (χ0) is 43.6. The summed E-state index contributed by atoms with van der Waals surface area (Å²) in [4.78, 5) is 22.9. The summed E-state index contributed by atoms with van der Waals surface area (Å²) in [6.07, 6.45) is 59.5. The zero-order valence-corrected chi connectivity index (χ0v) is 38.8. The van der Waals surface area contributed by atoms with Gasteiger partial charge in [-0.15, -0.1) is 0 Å². The van der Waals surface area contributed by atoms with Crippen molar-refractivity contribution in [2.24, 2.45) is 0 Å². The van der Waals surface area contributed by atoms with Gasteiger partial charge in [-0.3, -0.25) is 13.8 Å². The fourth-order valence-corrected chi connectivity index (χ4v) is 6.36. The number of allylic oxidation sites excluding steroid dienone is 17. The summed E-state index contributed by atoms with van der Waals surface area (Å²) in [5, 5.41) is 13.5. The Balaban J connectivity index is 3.99. The Bertz CT molecular complexity index is 1320. The van der Waals surface area contributed by atoms with Gasteiger partial charge in [0.1, 0.15) is 13.2 Å². The van der Waals surface area contributed by atoms with E-state index >= 15 is 0 Å². The maximum Gasteiger partial charge on any atom is 0.472 e. The van der Waals surface area contributed by atoms with Crippen molar-refractivity contribution >= 4 is 13.7 Å². The number of amides is 1. The summed E-state index contributed by atoms with van der Waals surface area (Å²) in [6.45, 7) is 4.50. The second-order valence-electron chi connectivity index (χ2n) is 16.0. The number of unbranched alkanes of at least 4 members (excludes halogenated alkanes) is 10. The average molecular weight is 842 g/mol. The summed E-state index contributed by atoms with van der Waals surface area (Å²) in [5.41, 5.74) is 0. The van der Waals surface area contributed by atoms with Crippen LogP contribution < -0.4 is 5.32 Å². The average Bonchev–Trinajstić information content (AvgIpc) is 3.19. The Hall–Kier alpha value is -2.84. The molecule has 0 saturated carbocycles. The van der Waals surface area contributed by atoms with Crippen LogP contribution >= 0.6 is 7.82 Å². The molecule has 0 radical (unpaired) electrons. The van der Waals surface area contributed by atoms with Crippen molar-refractivity contribution in [3.05, 3.63) is 109 Å². The molecule has 0 rings (SSSR count). The van der Waals surface area contributed by atoms with Gasteiger partial charge in [0.25, 0.3) is 0 Å². The summed E-state index contributed by atoms with van der Waals surface area (Å²) < 4.78 is 23.3. The molecule has 1 amide bonds. The van der Waals surface area contributed by atoms with Crippen molar-refractivity contribution in [1.82, 2.24) is 5.32 Å². The lowest BCUT2D eigenvalue weighted by atomic mass is 10.1. The third-order valence-corrected chi connectivity index (χ3v) is 10.2. The molecule has 336 valence electrons. The lowest BCUT2D eigenvalue weighted by molar-refractivity contribution is -0.870. The first kappa shape index (κ1) is 56.2. The number of aliphatic hydroxyl groups excluding tert-OH is 1. The molecule has 0 aliphatic heterocycles. The quantitative estimate of drug-likeness (QED) is 0.0246. The summed E-state index contributed by atoms with van der Waals surface area (Å²) in [7, 11) is 1.54. The number of hydrogen-bond donors (Lipinski definition) is 3. The van der Waals surface area contributed by atoms with Crippen molar-refractivity contribution in [1.29, 1.82) is 0 Å². The lowest BCUT2D eigenvalue weighted by Crippen LogP contribution is -2.45. The first-order valence-corrected chi connectivity index (χ1v) is 24.3. The molecule has 0 aromatic rings. The van der Waals surface area contributed by atoms with Crippen molar-refractivity contribution in [3.8, 4) is 0 Å². The minimum Gasteiger partial charge on any atom is -0.387 e. The third-order valence-electron chi connectivity index (χ3n) is 9.25. The van der Waals surface area contributed by atoms with Gasteiger partial charge >= 0.3 is 7.82 Å². The molecule has 8 nitrogen and oxygen atoms in total. The molecule has 0 spiro atoms. The largest absolute Gasteiger partial charge is 0.472 e. The number of phosphoric ester groups is 1. The highest BCUT2D eigenvalue weighted by Crippen LogP contribution is 2.43. The van der Waals surface area contributed by atoms with Crippen LogP contribution in [0.25, 0.3) is 0 Å². The van der Waals surface area contributed by atoms with Crippen LogP contribution in [0.5, 0.6) is 0 Å². The molecule has 3 atom stereocenters. The number of carbonyl (C=O) groups excluding carboxylic acids is 1. The molecule has 0 fully saturated rings. The molecular weight excluding hydrogens is 756 g/mol. The van der Waals surface area contributed by atoms with Gasteiger partial charge in [-0.05, 0) is 77.0 Å². The van der Waals surface area contributed by atoms with E-state index in [2.05, 4.69) is 116 Å². The first-order chi connectivity index (χ1) is 28.5. The van der Waals surface area contributed by atoms with E-state index in [-0.39, 0.29) is 19.1 Å². The molecule has 0 saturated heterocycles. The predicted octanol–water partition coefficient (Wildman–Crippen LogP) is 12.9. The molecule has 0 bridgehead atoms. The summed E-state index contributed by atoms with van der Waals surface area (Å²) in [6, 6.07) is -0.854. The van der Waals surface area contributed by atoms with Gasteiger partial charge in [-0.1, -0.05) is 175 Å². The van der Waals surface area contributed by atoms with E-state index in [1.54, 1.807) is 6.08 Å².